The predicted octanol–water partition coefficient (Wildman–Crippen LogP) is 4.19. The number of aromatic nitrogens is 2. The van der Waals surface area contributed by atoms with E-state index >= 15 is 0 Å². The lowest BCUT2D eigenvalue weighted by atomic mass is 9.98. The third-order valence-corrected chi connectivity index (χ3v) is 6.55. The summed E-state index contributed by atoms with van der Waals surface area (Å²) in [5, 5.41) is 15.1. The molecule has 2 aromatic rings. The SMILES string of the molecule is CCn1nc(C)c(Br)c1CC(O)c1cc2c(s1)CCCC2. The van der Waals surface area contributed by atoms with Gasteiger partial charge in [0.15, 0.2) is 0 Å². The van der Waals surface area contributed by atoms with Crippen molar-refractivity contribution in [1.82, 2.24) is 9.78 Å². The van der Waals surface area contributed by atoms with Crippen LogP contribution in [0.2, 0.25) is 0 Å². The molecular weight excluding hydrogens is 348 g/mol. The molecule has 1 atom stereocenters. The first-order valence-electron chi connectivity index (χ1n) is 7.61. The van der Waals surface area contributed by atoms with E-state index < -0.39 is 6.10 Å². The van der Waals surface area contributed by atoms with Crippen molar-refractivity contribution >= 4 is 27.3 Å². The summed E-state index contributed by atoms with van der Waals surface area (Å²) in [6.45, 7) is 4.91. The monoisotopic (exact) mass is 368 g/mol. The molecule has 0 aliphatic heterocycles. The number of halogens is 1. The maximum Gasteiger partial charge on any atom is 0.0937 e. The highest BCUT2D eigenvalue weighted by atomic mass is 79.9. The minimum absolute atomic E-state index is 0.432. The molecule has 0 fully saturated rings. The van der Waals surface area contributed by atoms with Crippen LogP contribution in [-0.2, 0) is 25.8 Å². The molecule has 0 aromatic carbocycles. The first-order chi connectivity index (χ1) is 10.1. The van der Waals surface area contributed by atoms with Gasteiger partial charge in [-0.15, -0.1) is 11.3 Å². The second-order valence-corrected chi connectivity index (χ2v) is 7.65. The van der Waals surface area contributed by atoms with Gasteiger partial charge in [0.05, 0.1) is 22.0 Å². The number of hydrogen-bond acceptors (Lipinski definition) is 3. The van der Waals surface area contributed by atoms with Crippen molar-refractivity contribution in [3.05, 3.63) is 37.2 Å². The van der Waals surface area contributed by atoms with Gasteiger partial charge in [0.1, 0.15) is 0 Å². The molecule has 1 N–H and O–H groups in total. The molecule has 1 aliphatic carbocycles. The zero-order chi connectivity index (χ0) is 15.0. The Balaban J connectivity index is 1.83. The summed E-state index contributed by atoms with van der Waals surface area (Å²) in [4.78, 5) is 2.59. The molecule has 0 bridgehead atoms. The number of fused-ring (bicyclic) bond motifs is 1. The van der Waals surface area contributed by atoms with Gasteiger partial charge in [0.2, 0.25) is 0 Å². The van der Waals surface area contributed by atoms with Gasteiger partial charge >= 0.3 is 0 Å². The number of nitrogens with zero attached hydrogens (tertiary/aromatic N) is 2. The van der Waals surface area contributed by atoms with Crippen LogP contribution in [0.15, 0.2) is 10.5 Å². The van der Waals surface area contributed by atoms with Crippen LogP contribution in [0.1, 0.15) is 52.6 Å². The Labute approximate surface area is 138 Å². The number of aryl methyl sites for hydroxylation is 4. The fraction of sp³-hybridized carbons (Fsp3) is 0.562. The zero-order valence-electron chi connectivity index (χ0n) is 12.5. The van der Waals surface area contributed by atoms with Gasteiger partial charge < -0.3 is 5.11 Å². The quantitative estimate of drug-likeness (QED) is 0.878. The van der Waals surface area contributed by atoms with Crippen LogP contribution < -0.4 is 0 Å². The molecule has 3 nitrogen and oxygen atoms in total. The maximum absolute atomic E-state index is 10.6. The number of thiophene rings is 1. The second kappa shape index (κ2) is 6.23. The van der Waals surface area contributed by atoms with Gasteiger partial charge in [-0.3, -0.25) is 4.68 Å². The molecular formula is C16H21BrN2OS. The third-order valence-electron chi connectivity index (χ3n) is 4.18. The lowest BCUT2D eigenvalue weighted by molar-refractivity contribution is 0.179. The van der Waals surface area contributed by atoms with Gasteiger partial charge in [-0.05, 0) is 67.1 Å². The first-order valence-corrected chi connectivity index (χ1v) is 9.22. The lowest BCUT2D eigenvalue weighted by Gasteiger charge is -2.10. The van der Waals surface area contributed by atoms with Gasteiger partial charge in [-0.25, -0.2) is 0 Å². The predicted molar refractivity (Wildman–Crippen MR) is 90.0 cm³/mol. The van der Waals surface area contributed by atoms with E-state index in [1.54, 1.807) is 11.3 Å². The molecule has 2 heterocycles. The number of rotatable bonds is 4. The highest BCUT2D eigenvalue weighted by Gasteiger charge is 2.21. The van der Waals surface area contributed by atoms with Crippen molar-refractivity contribution in [1.29, 1.82) is 0 Å². The van der Waals surface area contributed by atoms with E-state index in [-0.39, 0.29) is 0 Å². The molecule has 0 spiro atoms. The average molecular weight is 369 g/mol. The Kier molecular flexibility index (Phi) is 4.52. The number of hydrogen-bond donors (Lipinski definition) is 1. The highest BCUT2D eigenvalue weighted by molar-refractivity contribution is 9.10. The van der Waals surface area contributed by atoms with Crippen LogP contribution in [0, 0.1) is 6.92 Å². The third kappa shape index (κ3) is 2.96. The first kappa shape index (κ1) is 15.3. The Hall–Kier alpha value is -0.650. The molecule has 0 saturated heterocycles. The van der Waals surface area contributed by atoms with E-state index in [2.05, 4.69) is 34.0 Å². The summed E-state index contributed by atoms with van der Waals surface area (Å²) in [6, 6.07) is 2.22. The number of aliphatic hydroxyl groups is 1. The van der Waals surface area contributed by atoms with Crippen molar-refractivity contribution in [3.63, 3.8) is 0 Å². The molecule has 1 unspecified atom stereocenters. The summed E-state index contributed by atoms with van der Waals surface area (Å²) in [5.41, 5.74) is 3.54. The summed E-state index contributed by atoms with van der Waals surface area (Å²) >= 11 is 5.40. The largest absolute Gasteiger partial charge is 0.387 e. The van der Waals surface area contributed by atoms with E-state index in [9.17, 15) is 5.11 Å². The molecule has 2 aromatic heterocycles. The second-order valence-electron chi connectivity index (χ2n) is 5.69. The Bertz CT molecular complexity index is 623. The molecule has 21 heavy (non-hydrogen) atoms. The van der Waals surface area contributed by atoms with Crippen molar-refractivity contribution in [3.8, 4) is 0 Å². The normalized spacial score (nSPS) is 16.0. The minimum atomic E-state index is -0.432. The average Bonchev–Trinajstić information content (AvgIpc) is 3.03. The highest BCUT2D eigenvalue weighted by Crippen LogP contribution is 2.35. The summed E-state index contributed by atoms with van der Waals surface area (Å²) < 4.78 is 3.01. The molecule has 5 heteroatoms. The standard InChI is InChI=1S/C16H21BrN2OS/c1-3-19-12(16(17)10(2)18-19)9-13(20)15-8-11-6-4-5-7-14(11)21-15/h8,13,20H,3-7,9H2,1-2H3. The van der Waals surface area contributed by atoms with Gasteiger partial charge in [0.25, 0.3) is 0 Å². The van der Waals surface area contributed by atoms with Crippen molar-refractivity contribution in [2.24, 2.45) is 0 Å². The van der Waals surface area contributed by atoms with E-state index in [1.807, 2.05) is 11.6 Å². The van der Waals surface area contributed by atoms with Crippen molar-refractivity contribution in [2.45, 2.75) is 58.6 Å². The Morgan fingerprint density at radius 2 is 2.19 bits per heavy atom. The molecule has 114 valence electrons. The molecule has 3 rings (SSSR count). The summed E-state index contributed by atoms with van der Waals surface area (Å²) in [6.07, 6.45) is 5.12. The number of aliphatic hydroxyl groups excluding tert-OH is 1. The fourth-order valence-electron chi connectivity index (χ4n) is 3.03. The van der Waals surface area contributed by atoms with Gasteiger partial charge in [0, 0.05) is 22.7 Å². The van der Waals surface area contributed by atoms with Crippen LogP contribution in [0.3, 0.4) is 0 Å². The molecule has 1 aliphatic rings. The molecule has 0 saturated carbocycles. The van der Waals surface area contributed by atoms with Crippen molar-refractivity contribution in [2.75, 3.05) is 0 Å². The topological polar surface area (TPSA) is 38.0 Å². The van der Waals surface area contributed by atoms with Crippen LogP contribution >= 0.6 is 27.3 Å². The maximum atomic E-state index is 10.6. The van der Waals surface area contributed by atoms with Gasteiger partial charge in [-0.1, -0.05) is 0 Å². The van der Waals surface area contributed by atoms with Crippen LogP contribution in [0.5, 0.6) is 0 Å². The van der Waals surface area contributed by atoms with Crippen molar-refractivity contribution < 1.29 is 5.11 Å². The van der Waals surface area contributed by atoms with Crippen LogP contribution in [-0.4, -0.2) is 14.9 Å². The minimum Gasteiger partial charge on any atom is -0.387 e. The molecule has 0 amide bonds. The van der Waals surface area contributed by atoms with Crippen LogP contribution in [0.4, 0.5) is 0 Å². The van der Waals surface area contributed by atoms with E-state index in [0.29, 0.717) is 6.42 Å². The summed E-state index contributed by atoms with van der Waals surface area (Å²) in [5.74, 6) is 0. The van der Waals surface area contributed by atoms with Gasteiger partial charge in [-0.2, -0.15) is 5.10 Å². The smallest absolute Gasteiger partial charge is 0.0937 e. The van der Waals surface area contributed by atoms with E-state index in [4.69, 9.17) is 0 Å². The molecule has 0 radical (unpaired) electrons. The Morgan fingerprint density at radius 3 is 2.90 bits per heavy atom. The van der Waals surface area contributed by atoms with Crippen LogP contribution in [0.25, 0.3) is 0 Å². The lowest BCUT2D eigenvalue weighted by Crippen LogP contribution is -2.08. The Morgan fingerprint density at radius 1 is 1.43 bits per heavy atom. The van der Waals surface area contributed by atoms with E-state index in [1.165, 1.54) is 36.1 Å². The zero-order valence-corrected chi connectivity index (χ0v) is 14.9. The van der Waals surface area contributed by atoms with E-state index in [0.717, 1.165) is 27.3 Å². The summed E-state index contributed by atoms with van der Waals surface area (Å²) in [7, 11) is 0. The fourth-order valence-corrected chi connectivity index (χ4v) is 4.72.